The van der Waals surface area contributed by atoms with Gasteiger partial charge >= 0.3 is 0 Å². The van der Waals surface area contributed by atoms with Crippen LogP contribution in [0.3, 0.4) is 0 Å². The lowest BCUT2D eigenvalue weighted by atomic mass is 10.3. The van der Waals surface area contributed by atoms with Gasteiger partial charge in [-0.1, -0.05) is 28.1 Å². The van der Waals surface area contributed by atoms with E-state index in [0.717, 1.165) is 27.1 Å². The number of hydrogen-bond acceptors (Lipinski definition) is 2. The van der Waals surface area contributed by atoms with E-state index in [1.165, 1.54) is 0 Å². The van der Waals surface area contributed by atoms with Gasteiger partial charge in [0.05, 0.1) is 11.1 Å². The van der Waals surface area contributed by atoms with Crippen LogP contribution in [0.4, 0.5) is 0 Å². The van der Waals surface area contributed by atoms with Gasteiger partial charge in [0, 0.05) is 5.33 Å². The van der Waals surface area contributed by atoms with Gasteiger partial charge < -0.3 is 9.47 Å². The summed E-state index contributed by atoms with van der Waals surface area (Å²) < 4.78 is 12.2. The summed E-state index contributed by atoms with van der Waals surface area (Å²) in [7, 11) is 0. The number of alkyl halides is 1. The molecule has 0 aliphatic carbocycles. The van der Waals surface area contributed by atoms with E-state index in [4.69, 9.17) is 9.47 Å². The van der Waals surface area contributed by atoms with Crippen molar-refractivity contribution < 1.29 is 9.47 Å². The molecule has 0 aromatic heterocycles. The summed E-state index contributed by atoms with van der Waals surface area (Å²) in [5.74, 6) is 2.42. The monoisotopic (exact) mass is 370 g/mol. The topological polar surface area (TPSA) is 18.5 Å². The Hall–Kier alpha value is -1.00. The molecule has 18 heavy (non-hydrogen) atoms. The van der Waals surface area contributed by atoms with Crippen LogP contribution in [0.25, 0.3) is 0 Å². The summed E-state index contributed by atoms with van der Waals surface area (Å²) >= 11 is 6.77. The first-order valence-corrected chi connectivity index (χ1v) is 7.42. The Kier molecular flexibility index (Phi) is 5.08. The van der Waals surface area contributed by atoms with Gasteiger partial charge in [0.2, 0.25) is 0 Å². The Morgan fingerprint density at radius 2 is 1.56 bits per heavy atom. The lowest BCUT2D eigenvalue weighted by Crippen LogP contribution is -1.97. The van der Waals surface area contributed by atoms with Crippen LogP contribution in [0.5, 0.6) is 17.2 Å². The van der Waals surface area contributed by atoms with Crippen molar-refractivity contribution in [3.05, 3.63) is 53.0 Å². The summed E-state index contributed by atoms with van der Waals surface area (Å²) in [4.78, 5) is 0. The standard InChI is InChI=1S/C14H12Br2O2/c15-9-10-17-11-5-7-12(8-6-11)18-14-4-2-1-3-13(14)16/h1-8H,9-10H2. The fraction of sp³-hybridized carbons (Fsp3) is 0.143. The lowest BCUT2D eigenvalue weighted by molar-refractivity contribution is 0.344. The van der Waals surface area contributed by atoms with Crippen molar-refractivity contribution in [1.82, 2.24) is 0 Å². The Labute approximate surface area is 123 Å². The first kappa shape index (κ1) is 13.4. The van der Waals surface area contributed by atoms with Crippen molar-refractivity contribution in [3.63, 3.8) is 0 Å². The summed E-state index contributed by atoms with van der Waals surface area (Å²) in [5.41, 5.74) is 0. The van der Waals surface area contributed by atoms with Gasteiger partial charge in [0.1, 0.15) is 17.2 Å². The number of halogens is 2. The number of para-hydroxylation sites is 1. The average Bonchev–Trinajstić information content (AvgIpc) is 2.41. The van der Waals surface area contributed by atoms with E-state index in [9.17, 15) is 0 Å². The molecule has 0 saturated heterocycles. The molecule has 0 saturated carbocycles. The normalized spacial score (nSPS) is 10.1. The van der Waals surface area contributed by atoms with Crippen molar-refractivity contribution in [1.29, 1.82) is 0 Å². The molecule has 2 rings (SSSR count). The molecule has 94 valence electrons. The van der Waals surface area contributed by atoms with Crippen molar-refractivity contribution in [3.8, 4) is 17.2 Å². The predicted molar refractivity (Wildman–Crippen MR) is 79.9 cm³/mol. The highest BCUT2D eigenvalue weighted by atomic mass is 79.9. The third-order valence-electron chi connectivity index (χ3n) is 2.23. The fourth-order valence-electron chi connectivity index (χ4n) is 1.41. The average molecular weight is 372 g/mol. The fourth-order valence-corrected chi connectivity index (χ4v) is 1.94. The van der Waals surface area contributed by atoms with Crippen LogP contribution in [0.15, 0.2) is 53.0 Å². The maximum absolute atomic E-state index is 5.76. The second-order valence-electron chi connectivity index (χ2n) is 3.54. The molecule has 0 bridgehead atoms. The molecular formula is C14H12Br2O2. The van der Waals surface area contributed by atoms with Crippen LogP contribution in [-0.4, -0.2) is 11.9 Å². The van der Waals surface area contributed by atoms with Gasteiger partial charge in [0.15, 0.2) is 0 Å². The van der Waals surface area contributed by atoms with Crippen LogP contribution in [-0.2, 0) is 0 Å². The summed E-state index contributed by atoms with van der Waals surface area (Å²) in [6.45, 7) is 0.657. The molecule has 0 aliphatic rings. The van der Waals surface area contributed by atoms with E-state index in [-0.39, 0.29) is 0 Å². The highest BCUT2D eigenvalue weighted by molar-refractivity contribution is 9.10. The molecule has 0 radical (unpaired) electrons. The quantitative estimate of drug-likeness (QED) is 0.687. The number of rotatable bonds is 5. The van der Waals surface area contributed by atoms with Crippen LogP contribution in [0.1, 0.15) is 0 Å². The first-order valence-electron chi connectivity index (χ1n) is 5.51. The molecule has 0 N–H and O–H groups in total. The van der Waals surface area contributed by atoms with Crippen molar-refractivity contribution in [2.75, 3.05) is 11.9 Å². The van der Waals surface area contributed by atoms with E-state index in [1.54, 1.807) is 0 Å². The molecule has 4 heteroatoms. The van der Waals surface area contributed by atoms with E-state index >= 15 is 0 Å². The minimum atomic E-state index is 0.657. The molecule has 0 unspecified atom stereocenters. The van der Waals surface area contributed by atoms with Gasteiger partial charge in [-0.3, -0.25) is 0 Å². The summed E-state index contributed by atoms with van der Waals surface area (Å²) in [6, 6.07) is 15.3. The molecule has 2 nitrogen and oxygen atoms in total. The Morgan fingerprint density at radius 1 is 0.889 bits per heavy atom. The van der Waals surface area contributed by atoms with E-state index in [1.807, 2.05) is 48.5 Å². The zero-order valence-corrected chi connectivity index (χ0v) is 12.8. The molecule has 2 aromatic rings. The van der Waals surface area contributed by atoms with Crippen molar-refractivity contribution in [2.45, 2.75) is 0 Å². The summed E-state index contributed by atoms with van der Waals surface area (Å²) in [5, 5.41) is 0.822. The molecule has 2 aromatic carbocycles. The molecule has 0 amide bonds. The number of hydrogen-bond donors (Lipinski definition) is 0. The predicted octanol–water partition coefficient (Wildman–Crippen LogP) is 5.02. The van der Waals surface area contributed by atoms with E-state index in [0.29, 0.717) is 6.61 Å². The van der Waals surface area contributed by atoms with Gasteiger partial charge in [-0.05, 0) is 52.3 Å². The second kappa shape index (κ2) is 6.81. The minimum absolute atomic E-state index is 0.657. The van der Waals surface area contributed by atoms with Crippen LogP contribution < -0.4 is 9.47 Å². The highest BCUT2D eigenvalue weighted by Crippen LogP contribution is 2.29. The SMILES string of the molecule is BrCCOc1ccc(Oc2ccccc2Br)cc1. The maximum atomic E-state index is 5.76. The lowest BCUT2D eigenvalue weighted by Gasteiger charge is -2.08. The van der Waals surface area contributed by atoms with Gasteiger partial charge in [-0.15, -0.1) is 0 Å². The Bertz CT molecular complexity index is 497. The van der Waals surface area contributed by atoms with Crippen molar-refractivity contribution >= 4 is 31.9 Å². The second-order valence-corrected chi connectivity index (χ2v) is 5.19. The largest absolute Gasteiger partial charge is 0.493 e. The number of ether oxygens (including phenoxy) is 2. The molecule has 0 atom stereocenters. The molecule has 0 spiro atoms. The zero-order valence-electron chi connectivity index (χ0n) is 9.61. The third kappa shape index (κ3) is 3.75. The highest BCUT2D eigenvalue weighted by Gasteiger charge is 2.01. The molecule has 0 heterocycles. The summed E-state index contributed by atoms with van der Waals surface area (Å²) in [6.07, 6.45) is 0. The van der Waals surface area contributed by atoms with Crippen LogP contribution in [0, 0.1) is 0 Å². The third-order valence-corrected chi connectivity index (χ3v) is 3.21. The Balaban J connectivity index is 2.04. The van der Waals surface area contributed by atoms with Crippen LogP contribution >= 0.6 is 31.9 Å². The van der Waals surface area contributed by atoms with E-state index in [2.05, 4.69) is 31.9 Å². The van der Waals surface area contributed by atoms with Gasteiger partial charge in [-0.2, -0.15) is 0 Å². The Morgan fingerprint density at radius 3 is 2.22 bits per heavy atom. The smallest absolute Gasteiger partial charge is 0.141 e. The molecule has 0 fully saturated rings. The zero-order chi connectivity index (χ0) is 12.8. The molecular weight excluding hydrogens is 360 g/mol. The first-order chi connectivity index (χ1) is 8.79. The van der Waals surface area contributed by atoms with Crippen LogP contribution in [0.2, 0.25) is 0 Å². The van der Waals surface area contributed by atoms with Gasteiger partial charge in [-0.25, -0.2) is 0 Å². The number of benzene rings is 2. The van der Waals surface area contributed by atoms with Crippen molar-refractivity contribution in [2.24, 2.45) is 0 Å². The van der Waals surface area contributed by atoms with E-state index < -0.39 is 0 Å². The van der Waals surface area contributed by atoms with Gasteiger partial charge in [0.25, 0.3) is 0 Å². The minimum Gasteiger partial charge on any atom is -0.493 e. The maximum Gasteiger partial charge on any atom is 0.141 e. The molecule has 0 aliphatic heterocycles.